The number of amides is 1. The Morgan fingerprint density at radius 2 is 1.81 bits per heavy atom. The van der Waals surface area contributed by atoms with E-state index in [1.807, 2.05) is 49.4 Å². The van der Waals surface area contributed by atoms with Crippen LogP contribution in [-0.4, -0.2) is 21.9 Å². The molecule has 0 aliphatic heterocycles. The minimum atomic E-state index is -0.0600. The monoisotopic (exact) mass is 401 g/mol. The number of carbonyl (C=O) groups is 1. The number of aromatic nitrogens is 2. The highest BCUT2D eigenvalue weighted by molar-refractivity contribution is 8.00. The van der Waals surface area contributed by atoms with Crippen LogP contribution in [0, 0.1) is 6.92 Å². The molecule has 3 aromatic rings. The molecule has 1 heterocycles. The number of nitrogens with one attached hydrogen (secondary N) is 1. The SMILES string of the molecule is Cc1ccc(SCC(=O)Nc2nnc(CSCc3ccccc3)s2)cc1. The summed E-state index contributed by atoms with van der Waals surface area (Å²) in [5.41, 5.74) is 2.51. The van der Waals surface area contributed by atoms with Gasteiger partial charge in [0.05, 0.1) is 5.75 Å². The minimum Gasteiger partial charge on any atom is -0.300 e. The van der Waals surface area contributed by atoms with Crippen LogP contribution in [-0.2, 0) is 16.3 Å². The number of nitrogens with zero attached hydrogens (tertiary/aromatic N) is 2. The predicted molar refractivity (Wildman–Crippen MR) is 112 cm³/mol. The van der Waals surface area contributed by atoms with Gasteiger partial charge in [0, 0.05) is 16.4 Å². The van der Waals surface area contributed by atoms with Crippen LogP contribution in [0.3, 0.4) is 0 Å². The molecular weight excluding hydrogens is 382 g/mol. The lowest BCUT2D eigenvalue weighted by atomic mass is 10.2. The second-order valence-corrected chi connectivity index (χ2v) is 8.73. The molecule has 0 fully saturated rings. The van der Waals surface area contributed by atoms with Crippen LogP contribution < -0.4 is 5.32 Å². The first-order chi connectivity index (χ1) is 12.7. The minimum absolute atomic E-state index is 0.0600. The molecule has 0 spiro atoms. The van der Waals surface area contributed by atoms with Crippen molar-refractivity contribution < 1.29 is 4.79 Å². The maximum Gasteiger partial charge on any atom is 0.236 e. The number of aryl methyl sites for hydroxylation is 1. The maximum atomic E-state index is 12.1. The van der Waals surface area contributed by atoms with E-state index >= 15 is 0 Å². The van der Waals surface area contributed by atoms with E-state index in [4.69, 9.17) is 0 Å². The topological polar surface area (TPSA) is 54.9 Å². The van der Waals surface area contributed by atoms with Crippen LogP contribution in [0.15, 0.2) is 59.5 Å². The van der Waals surface area contributed by atoms with Crippen LogP contribution in [0.4, 0.5) is 5.13 Å². The highest BCUT2D eigenvalue weighted by atomic mass is 32.2. The second-order valence-electron chi connectivity index (χ2n) is 5.63. The van der Waals surface area contributed by atoms with Crippen LogP contribution in [0.25, 0.3) is 0 Å². The molecule has 1 aromatic heterocycles. The lowest BCUT2D eigenvalue weighted by Gasteiger charge is -2.02. The predicted octanol–water partition coefficient (Wildman–Crippen LogP) is 5.01. The van der Waals surface area contributed by atoms with Gasteiger partial charge in [-0.2, -0.15) is 0 Å². The molecule has 0 aliphatic rings. The maximum absolute atomic E-state index is 12.1. The number of anilines is 1. The van der Waals surface area contributed by atoms with E-state index in [1.54, 1.807) is 11.8 Å². The number of hydrogen-bond acceptors (Lipinski definition) is 6. The molecule has 26 heavy (non-hydrogen) atoms. The van der Waals surface area contributed by atoms with Gasteiger partial charge in [0.25, 0.3) is 0 Å². The van der Waals surface area contributed by atoms with E-state index < -0.39 is 0 Å². The van der Waals surface area contributed by atoms with Gasteiger partial charge in [-0.05, 0) is 24.6 Å². The molecule has 4 nitrogen and oxygen atoms in total. The zero-order valence-electron chi connectivity index (χ0n) is 14.3. The summed E-state index contributed by atoms with van der Waals surface area (Å²) < 4.78 is 0. The molecule has 0 unspecified atom stereocenters. The summed E-state index contributed by atoms with van der Waals surface area (Å²) in [5, 5.41) is 12.5. The first-order valence-electron chi connectivity index (χ1n) is 8.12. The normalized spacial score (nSPS) is 10.7. The van der Waals surface area contributed by atoms with Gasteiger partial charge < -0.3 is 0 Å². The van der Waals surface area contributed by atoms with Crippen LogP contribution in [0.1, 0.15) is 16.1 Å². The van der Waals surface area contributed by atoms with Crippen LogP contribution in [0.2, 0.25) is 0 Å². The summed E-state index contributed by atoms with van der Waals surface area (Å²) in [5.74, 6) is 2.03. The Hall–Kier alpha value is -1.83. The van der Waals surface area contributed by atoms with Crippen molar-refractivity contribution in [3.05, 3.63) is 70.7 Å². The second kappa shape index (κ2) is 9.75. The summed E-state index contributed by atoms with van der Waals surface area (Å²) in [4.78, 5) is 13.1. The molecular formula is C19H19N3OS3. The molecule has 134 valence electrons. The Labute approximate surface area is 165 Å². The first kappa shape index (κ1) is 18.9. The van der Waals surface area contributed by atoms with E-state index in [9.17, 15) is 4.79 Å². The zero-order chi connectivity index (χ0) is 18.2. The summed E-state index contributed by atoms with van der Waals surface area (Å²) in [6, 6.07) is 18.5. The fourth-order valence-corrected chi connectivity index (χ4v) is 4.63. The zero-order valence-corrected chi connectivity index (χ0v) is 16.8. The summed E-state index contributed by atoms with van der Waals surface area (Å²) >= 11 is 4.74. The molecule has 0 bridgehead atoms. The van der Waals surface area contributed by atoms with Crippen molar-refractivity contribution in [1.82, 2.24) is 10.2 Å². The summed E-state index contributed by atoms with van der Waals surface area (Å²) in [7, 11) is 0. The Kier molecular flexibility index (Phi) is 7.11. The van der Waals surface area contributed by atoms with Gasteiger partial charge in [-0.3, -0.25) is 10.1 Å². The fraction of sp³-hybridized carbons (Fsp3) is 0.211. The van der Waals surface area contributed by atoms with Crippen molar-refractivity contribution in [2.75, 3.05) is 11.1 Å². The molecule has 3 rings (SSSR count). The van der Waals surface area contributed by atoms with Gasteiger partial charge in [0.1, 0.15) is 5.01 Å². The fourth-order valence-electron chi connectivity index (χ4n) is 2.13. The van der Waals surface area contributed by atoms with Crippen LogP contribution >= 0.6 is 34.9 Å². The molecule has 7 heteroatoms. The largest absolute Gasteiger partial charge is 0.300 e. The number of carbonyl (C=O) groups excluding carboxylic acids is 1. The molecule has 1 N–H and O–H groups in total. The van der Waals surface area contributed by atoms with Crippen molar-refractivity contribution in [1.29, 1.82) is 0 Å². The Morgan fingerprint density at radius 1 is 1.04 bits per heavy atom. The third-order valence-corrected chi connectivity index (χ3v) is 6.49. The first-order valence-corrected chi connectivity index (χ1v) is 11.1. The van der Waals surface area contributed by atoms with Crippen molar-refractivity contribution in [3.63, 3.8) is 0 Å². The van der Waals surface area contributed by atoms with Crippen molar-refractivity contribution in [2.24, 2.45) is 0 Å². The molecule has 2 aromatic carbocycles. The van der Waals surface area contributed by atoms with Crippen LogP contribution in [0.5, 0.6) is 0 Å². The van der Waals surface area contributed by atoms with Gasteiger partial charge in [-0.25, -0.2) is 0 Å². The van der Waals surface area contributed by atoms with E-state index in [1.165, 1.54) is 34.2 Å². The van der Waals surface area contributed by atoms with Gasteiger partial charge in [0.15, 0.2) is 0 Å². The molecule has 0 radical (unpaired) electrons. The quantitative estimate of drug-likeness (QED) is 0.538. The summed E-state index contributed by atoms with van der Waals surface area (Å²) in [6.07, 6.45) is 0. The van der Waals surface area contributed by atoms with Crippen molar-refractivity contribution in [2.45, 2.75) is 23.3 Å². The number of hydrogen-bond donors (Lipinski definition) is 1. The van der Waals surface area contributed by atoms with Gasteiger partial charge >= 0.3 is 0 Å². The van der Waals surface area contributed by atoms with E-state index in [-0.39, 0.29) is 5.91 Å². The third-order valence-electron chi connectivity index (χ3n) is 3.44. The lowest BCUT2D eigenvalue weighted by Crippen LogP contribution is -2.13. The Balaban J connectivity index is 1.41. The van der Waals surface area contributed by atoms with Crippen molar-refractivity contribution >= 4 is 45.9 Å². The molecule has 1 amide bonds. The van der Waals surface area contributed by atoms with Gasteiger partial charge in [-0.1, -0.05) is 59.4 Å². The number of thioether (sulfide) groups is 2. The molecule has 0 atom stereocenters. The average molecular weight is 402 g/mol. The summed E-state index contributed by atoms with van der Waals surface area (Å²) in [6.45, 7) is 2.05. The molecule has 0 saturated carbocycles. The number of benzene rings is 2. The standard InChI is InChI=1S/C19H19N3OS3/c1-14-7-9-16(10-8-14)25-12-17(23)20-19-22-21-18(26-19)13-24-11-15-5-3-2-4-6-15/h2-10H,11-13H2,1H3,(H,20,22,23). The molecule has 0 saturated heterocycles. The Bertz CT molecular complexity index is 835. The van der Waals surface area contributed by atoms with Crippen molar-refractivity contribution in [3.8, 4) is 0 Å². The van der Waals surface area contributed by atoms with E-state index in [2.05, 4.69) is 27.6 Å². The third kappa shape index (κ3) is 6.16. The Morgan fingerprint density at radius 3 is 2.58 bits per heavy atom. The lowest BCUT2D eigenvalue weighted by molar-refractivity contribution is -0.113. The van der Waals surface area contributed by atoms with Gasteiger partial charge in [0.2, 0.25) is 11.0 Å². The smallest absolute Gasteiger partial charge is 0.236 e. The number of rotatable bonds is 8. The highest BCUT2D eigenvalue weighted by Gasteiger charge is 2.09. The van der Waals surface area contributed by atoms with E-state index in [0.717, 1.165) is 21.4 Å². The van der Waals surface area contributed by atoms with E-state index in [0.29, 0.717) is 10.9 Å². The highest BCUT2D eigenvalue weighted by Crippen LogP contribution is 2.23. The molecule has 0 aliphatic carbocycles. The average Bonchev–Trinajstić information content (AvgIpc) is 3.09. The van der Waals surface area contributed by atoms with Gasteiger partial charge in [-0.15, -0.1) is 33.7 Å².